The van der Waals surface area contributed by atoms with Crippen LogP contribution < -0.4 is 10.1 Å². The number of halogens is 2. The fraction of sp³-hybridized carbons (Fsp3) is 0.241. The van der Waals surface area contributed by atoms with Gasteiger partial charge >= 0.3 is 0 Å². The lowest BCUT2D eigenvalue weighted by atomic mass is 9.85. The van der Waals surface area contributed by atoms with Gasteiger partial charge in [-0.15, -0.1) is 0 Å². The number of alkyl halides is 2. The van der Waals surface area contributed by atoms with Crippen molar-refractivity contribution in [1.82, 2.24) is 5.32 Å². The highest BCUT2D eigenvalue weighted by atomic mass is 19.3. The second-order valence-corrected chi connectivity index (χ2v) is 8.60. The van der Waals surface area contributed by atoms with Crippen LogP contribution in [0.25, 0.3) is 5.57 Å². The van der Waals surface area contributed by atoms with Crippen LogP contribution in [0.15, 0.2) is 78.4 Å². The van der Waals surface area contributed by atoms with E-state index in [0.717, 1.165) is 16.7 Å². The van der Waals surface area contributed by atoms with Gasteiger partial charge < -0.3 is 10.1 Å². The SMILES string of the molecule is Cc1ccc(C2=C(C#N)C(=O)N[C@@H](c3ccc(OCCc4ccccc4)cc3CC(F)F)C2)cc1. The summed E-state index contributed by atoms with van der Waals surface area (Å²) < 4.78 is 32.8. The highest BCUT2D eigenvalue weighted by Crippen LogP contribution is 2.36. The smallest absolute Gasteiger partial charge is 0.262 e. The largest absolute Gasteiger partial charge is 0.493 e. The molecule has 0 saturated carbocycles. The predicted octanol–water partition coefficient (Wildman–Crippen LogP) is 5.96. The molecule has 4 nitrogen and oxygen atoms in total. The third kappa shape index (κ3) is 5.93. The lowest BCUT2D eigenvalue weighted by Crippen LogP contribution is -2.35. The fourth-order valence-electron chi connectivity index (χ4n) is 4.33. The number of hydrogen-bond acceptors (Lipinski definition) is 3. The van der Waals surface area contributed by atoms with Crippen molar-refractivity contribution in [2.45, 2.75) is 38.7 Å². The van der Waals surface area contributed by atoms with Gasteiger partial charge in [0.05, 0.1) is 12.6 Å². The van der Waals surface area contributed by atoms with E-state index >= 15 is 0 Å². The number of benzene rings is 3. The Labute approximate surface area is 203 Å². The first-order valence-corrected chi connectivity index (χ1v) is 11.5. The number of aryl methyl sites for hydroxylation is 1. The van der Waals surface area contributed by atoms with Gasteiger partial charge in [0.25, 0.3) is 5.91 Å². The molecule has 0 radical (unpaired) electrons. The molecule has 1 aliphatic rings. The monoisotopic (exact) mass is 472 g/mol. The van der Waals surface area contributed by atoms with E-state index in [1.165, 1.54) is 0 Å². The van der Waals surface area contributed by atoms with Crippen molar-refractivity contribution in [2.75, 3.05) is 6.61 Å². The molecule has 4 rings (SSSR count). The normalized spacial score (nSPS) is 15.6. The standard InChI is InChI=1S/C29H26F2N2O2/c1-19-7-9-21(10-8-19)25-17-27(33-29(34)26(25)18-32)24-12-11-23(15-22(24)16-28(30)31)35-14-13-20-5-3-2-4-6-20/h2-12,15,27-28H,13-14,16-17H2,1H3,(H,33,34)/t27-/m1/s1. The molecule has 1 N–H and O–H groups in total. The topological polar surface area (TPSA) is 62.1 Å². The first-order valence-electron chi connectivity index (χ1n) is 11.5. The van der Waals surface area contributed by atoms with Crippen molar-refractivity contribution in [3.05, 3.63) is 106 Å². The minimum Gasteiger partial charge on any atom is -0.493 e. The third-order valence-electron chi connectivity index (χ3n) is 6.12. The molecule has 0 spiro atoms. The molecule has 3 aromatic rings. The molecular formula is C29H26F2N2O2. The van der Waals surface area contributed by atoms with E-state index in [1.54, 1.807) is 18.2 Å². The molecule has 1 amide bonds. The number of ether oxygens (including phenoxy) is 1. The third-order valence-corrected chi connectivity index (χ3v) is 6.12. The van der Waals surface area contributed by atoms with Gasteiger partial charge in [0.1, 0.15) is 17.4 Å². The van der Waals surface area contributed by atoms with Crippen molar-refractivity contribution in [3.8, 4) is 11.8 Å². The average Bonchev–Trinajstić information content (AvgIpc) is 2.84. The zero-order valence-corrected chi connectivity index (χ0v) is 19.4. The molecule has 1 heterocycles. The Morgan fingerprint density at radius 1 is 1.09 bits per heavy atom. The molecule has 0 aliphatic carbocycles. The minimum absolute atomic E-state index is 0.0568. The summed E-state index contributed by atoms with van der Waals surface area (Å²) in [4.78, 5) is 12.8. The van der Waals surface area contributed by atoms with Gasteiger partial charge in [0.2, 0.25) is 6.43 Å². The molecule has 0 bridgehead atoms. The van der Waals surface area contributed by atoms with Crippen LogP contribution in [0.5, 0.6) is 5.75 Å². The van der Waals surface area contributed by atoms with Gasteiger partial charge in [-0.05, 0) is 53.3 Å². The molecule has 178 valence electrons. The summed E-state index contributed by atoms with van der Waals surface area (Å²) >= 11 is 0. The summed E-state index contributed by atoms with van der Waals surface area (Å²) in [5.41, 5.74) is 4.68. The Morgan fingerprint density at radius 3 is 2.51 bits per heavy atom. The number of amides is 1. The van der Waals surface area contributed by atoms with E-state index in [9.17, 15) is 18.8 Å². The Morgan fingerprint density at radius 2 is 1.83 bits per heavy atom. The molecule has 0 aromatic heterocycles. The summed E-state index contributed by atoms with van der Waals surface area (Å²) in [6.07, 6.45) is -1.96. The molecule has 35 heavy (non-hydrogen) atoms. The summed E-state index contributed by atoms with van der Waals surface area (Å²) in [6, 6.07) is 24.1. The van der Waals surface area contributed by atoms with E-state index < -0.39 is 24.8 Å². The minimum atomic E-state index is -2.55. The molecule has 0 fully saturated rings. The molecule has 0 unspecified atom stereocenters. The molecule has 0 saturated heterocycles. The van der Waals surface area contributed by atoms with Gasteiger partial charge in [-0.1, -0.05) is 66.2 Å². The van der Waals surface area contributed by atoms with E-state index in [0.29, 0.717) is 41.9 Å². The first kappa shape index (κ1) is 24.2. The van der Waals surface area contributed by atoms with Gasteiger partial charge in [-0.3, -0.25) is 4.79 Å². The number of hydrogen-bond donors (Lipinski definition) is 1. The number of nitrogens with zero attached hydrogens (tertiary/aromatic N) is 1. The van der Waals surface area contributed by atoms with Crippen LogP contribution >= 0.6 is 0 Å². The van der Waals surface area contributed by atoms with Crippen LogP contribution in [0, 0.1) is 18.3 Å². The van der Waals surface area contributed by atoms with Crippen molar-refractivity contribution in [2.24, 2.45) is 0 Å². The maximum atomic E-state index is 13.5. The molecule has 3 aromatic carbocycles. The second kappa shape index (κ2) is 11.0. The predicted molar refractivity (Wildman–Crippen MR) is 131 cm³/mol. The van der Waals surface area contributed by atoms with Gasteiger partial charge in [-0.25, -0.2) is 8.78 Å². The molecular weight excluding hydrogens is 446 g/mol. The van der Waals surface area contributed by atoms with Crippen molar-refractivity contribution >= 4 is 11.5 Å². The Bertz CT molecular complexity index is 1260. The van der Waals surface area contributed by atoms with E-state index in [1.807, 2.05) is 67.6 Å². The summed E-state index contributed by atoms with van der Waals surface area (Å²) in [6.45, 7) is 2.38. The maximum absolute atomic E-state index is 13.5. The quantitative estimate of drug-likeness (QED) is 0.440. The van der Waals surface area contributed by atoms with Crippen LogP contribution in [0.4, 0.5) is 8.78 Å². The molecule has 6 heteroatoms. The molecule has 1 atom stereocenters. The van der Waals surface area contributed by atoms with Crippen molar-refractivity contribution in [1.29, 1.82) is 5.26 Å². The zero-order chi connectivity index (χ0) is 24.8. The van der Waals surface area contributed by atoms with Gasteiger partial charge in [-0.2, -0.15) is 5.26 Å². The van der Waals surface area contributed by atoms with Gasteiger partial charge in [0, 0.05) is 12.8 Å². The summed E-state index contributed by atoms with van der Waals surface area (Å²) in [7, 11) is 0. The van der Waals surface area contributed by atoms with Gasteiger partial charge in [0.15, 0.2) is 0 Å². The number of nitriles is 1. The van der Waals surface area contributed by atoms with Crippen LogP contribution in [0.2, 0.25) is 0 Å². The summed E-state index contributed by atoms with van der Waals surface area (Å²) in [5.74, 6) is 0.0139. The van der Waals surface area contributed by atoms with E-state index in [-0.39, 0.29) is 5.57 Å². The zero-order valence-electron chi connectivity index (χ0n) is 19.4. The van der Waals surface area contributed by atoms with Crippen molar-refractivity contribution in [3.63, 3.8) is 0 Å². The fourth-order valence-corrected chi connectivity index (χ4v) is 4.33. The van der Waals surface area contributed by atoms with E-state index in [2.05, 4.69) is 5.32 Å². The summed E-state index contributed by atoms with van der Waals surface area (Å²) in [5, 5.41) is 12.4. The number of carbonyl (C=O) groups is 1. The lowest BCUT2D eigenvalue weighted by molar-refractivity contribution is -0.118. The Hall–Kier alpha value is -3.98. The van der Waals surface area contributed by atoms with E-state index in [4.69, 9.17) is 4.74 Å². The average molecular weight is 473 g/mol. The lowest BCUT2D eigenvalue weighted by Gasteiger charge is -2.28. The van der Waals surface area contributed by atoms with Crippen LogP contribution in [0.3, 0.4) is 0 Å². The van der Waals surface area contributed by atoms with Crippen LogP contribution in [-0.2, 0) is 17.6 Å². The number of nitrogens with one attached hydrogen (secondary N) is 1. The Kier molecular flexibility index (Phi) is 7.57. The van der Waals surface area contributed by atoms with Crippen molar-refractivity contribution < 1.29 is 18.3 Å². The second-order valence-electron chi connectivity index (χ2n) is 8.60. The first-order chi connectivity index (χ1) is 16.9. The highest BCUT2D eigenvalue weighted by Gasteiger charge is 2.30. The highest BCUT2D eigenvalue weighted by molar-refractivity contribution is 6.06. The Balaban J connectivity index is 1.59. The molecule has 1 aliphatic heterocycles. The number of carbonyl (C=O) groups excluding carboxylic acids is 1. The maximum Gasteiger partial charge on any atom is 0.262 e. The van der Waals surface area contributed by atoms with Crippen LogP contribution in [0.1, 0.15) is 40.3 Å². The van der Waals surface area contributed by atoms with Crippen LogP contribution in [-0.4, -0.2) is 18.9 Å². The number of rotatable bonds is 8.